The molecule has 3 aromatic rings. The normalized spacial score (nSPS) is 10.4. The van der Waals surface area contributed by atoms with Crippen molar-refractivity contribution in [2.75, 3.05) is 11.9 Å². The van der Waals surface area contributed by atoms with E-state index in [0.29, 0.717) is 29.8 Å². The topological polar surface area (TPSA) is 24.5 Å². The van der Waals surface area contributed by atoms with E-state index in [1.807, 2.05) is 67.6 Å². The van der Waals surface area contributed by atoms with Gasteiger partial charge in [-0.1, -0.05) is 66.2 Å². The quantitative estimate of drug-likeness (QED) is 0.473. The second-order valence-electron chi connectivity index (χ2n) is 6.32. The highest BCUT2D eigenvalue weighted by atomic mass is 35.5. The Morgan fingerprint density at radius 1 is 0.964 bits per heavy atom. The van der Waals surface area contributed by atoms with E-state index in [2.05, 4.69) is 28.4 Å². The lowest BCUT2D eigenvalue weighted by Crippen LogP contribution is -2.34. The van der Waals surface area contributed by atoms with Crippen LogP contribution in [0.3, 0.4) is 0 Å². The summed E-state index contributed by atoms with van der Waals surface area (Å²) < 4.78 is 5.79. The van der Waals surface area contributed by atoms with E-state index < -0.39 is 0 Å². The molecule has 5 heteroatoms. The molecule has 0 bridgehead atoms. The first-order valence-electron chi connectivity index (χ1n) is 9.22. The molecule has 0 heterocycles. The van der Waals surface area contributed by atoms with Crippen LogP contribution < -0.4 is 10.1 Å². The summed E-state index contributed by atoms with van der Waals surface area (Å²) in [5.74, 6) is 0.883. The van der Waals surface area contributed by atoms with E-state index in [1.54, 1.807) is 0 Å². The number of anilines is 1. The van der Waals surface area contributed by atoms with Gasteiger partial charge in [0, 0.05) is 29.4 Å². The van der Waals surface area contributed by atoms with Crippen molar-refractivity contribution >= 4 is 34.6 Å². The number of hydrogen-bond acceptors (Lipinski definition) is 2. The Hall–Kier alpha value is -2.56. The highest BCUT2D eigenvalue weighted by Gasteiger charge is 2.14. The Morgan fingerprint density at radius 2 is 1.71 bits per heavy atom. The predicted molar refractivity (Wildman–Crippen MR) is 121 cm³/mol. The lowest BCUT2D eigenvalue weighted by Gasteiger charge is -2.27. The average Bonchev–Trinajstić information content (AvgIpc) is 2.70. The Bertz CT molecular complexity index is 917. The summed E-state index contributed by atoms with van der Waals surface area (Å²) in [5.41, 5.74) is 3.15. The van der Waals surface area contributed by atoms with Gasteiger partial charge in [0.05, 0.1) is 6.61 Å². The predicted octanol–water partition coefficient (Wildman–Crippen LogP) is 6.14. The van der Waals surface area contributed by atoms with Gasteiger partial charge in [-0.3, -0.25) is 0 Å². The fourth-order valence-corrected chi connectivity index (χ4v) is 3.35. The maximum absolute atomic E-state index is 6.11. The summed E-state index contributed by atoms with van der Waals surface area (Å²) >= 11 is 11.8. The summed E-state index contributed by atoms with van der Waals surface area (Å²) in [6, 6.07) is 25.9. The lowest BCUT2D eigenvalue weighted by atomic mass is 10.1. The standard InChI is InChI=1S/C23H23ClN2OS/c1-2-27-22-14-7-6-11-19(22)17-26(16-18-9-4-3-5-10-18)23(28)25-21-13-8-12-20(24)15-21/h3-15H,2,16-17H2,1H3,(H,25,28). The summed E-state index contributed by atoms with van der Waals surface area (Å²) in [4.78, 5) is 2.13. The van der Waals surface area contributed by atoms with Crippen LogP contribution in [0.2, 0.25) is 5.02 Å². The zero-order valence-electron chi connectivity index (χ0n) is 15.8. The molecule has 0 aliphatic heterocycles. The van der Waals surface area contributed by atoms with Crippen LogP contribution in [0.4, 0.5) is 5.69 Å². The van der Waals surface area contributed by atoms with Crippen LogP contribution in [0.15, 0.2) is 78.9 Å². The Labute approximate surface area is 176 Å². The third-order valence-electron chi connectivity index (χ3n) is 4.21. The van der Waals surface area contributed by atoms with Gasteiger partial charge >= 0.3 is 0 Å². The molecule has 0 radical (unpaired) electrons. The molecule has 3 nitrogen and oxygen atoms in total. The van der Waals surface area contributed by atoms with E-state index in [9.17, 15) is 0 Å². The van der Waals surface area contributed by atoms with Crippen molar-refractivity contribution in [2.24, 2.45) is 0 Å². The van der Waals surface area contributed by atoms with Crippen molar-refractivity contribution in [2.45, 2.75) is 20.0 Å². The van der Waals surface area contributed by atoms with Crippen LogP contribution in [0.25, 0.3) is 0 Å². The molecule has 0 aliphatic carbocycles. The van der Waals surface area contributed by atoms with Gasteiger partial charge in [-0.2, -0.15) is 0 Å². The average molecular weight is 411 g/mol. The van der Waals surface area contributed by atoms with Gasteiger partial charge in [0.25, 0.3) is 0 Å². The SMILES string of the molecule is CCOc1ccccc1CN(Cc1ccccc1)C(=S)Nc1cccc(Cl)c1. The second kappa shape index (κ2) is 10.1. The highest BCUT2D eigenvalue weighted by Crippen LogP contribution is 2.22. The number of nitrogens with zero attached hydrogens (tertiary/aromatic N) is 1. The third kappa shape index (κ3) is 5.72. The largest absolute Gasteiger partial charge is 0.494 e. The van der Waals surface area contributed by atoms with Crippen molar-refractivity contribution in [3.05, 3.63) is 95.0 Å². The molecular formula is C23H23ClN2OS. The third-order valence-corrected chi connectivity index (χ3v) is 4.81. The lowest BCUT2D eigenvalue weighted by molar-refractivity contribution is 0.327. The van der Waals surface area contributed by atoms with Gasteiger partial charge in [-0.15, -0.1) is 0 Å². The Morgan fingerprint density at radius 3 is 2.46 bits per heavy atom. The van der Waals surface area contributed by atoms with E-state index in [1.165, 1.54) is 5.56 Å². The number of thiocarbonyl (C=S) groups is 1. The number of benzene rings is 3. The number of para-hydroxylation sites is 1. The molecule has 0 fully saturated rings. The second-order valence-corrected chi connectivity index (χ2v) is 7.15. The smallest absolute Gasteiger partial charge is 0.174 e. The molecular weight excluding hydrogens is 388 g/mol. The summed E-state index contributed by atoms with van der Waals surface area (Å²) in [5, 5.41) is 4.61. The van der Waals surface area contributed by atoms with E-state index >= 15 is 0 Å². The molecule has 0 saturated heterocycles. The van der Waals surface area contributed by atoms with Crippen molar-refractivity contribution in [3.63, 3.8) is 0 Å². The van der Waals surface area contributed by atoms with Gasteiger partial charge in [-0.25, -0.2) is 0 Å². The first-order chi connectivity index (χ1) is 13.7. The maximum Gasteiger partial charge on any atom is 0.174 e. The van der Waals surface area contributed by atoms with Gasteiger partial charge in [0.1, 0.15) is 5.75 Å². The molecule has 0 spiro atoms. The number of rotatable bonds is 7. The van der Waals surface area contributed by atoms with Gasteiger partial charge in [-0.05, 0) is 49.0 Å². The van der Waals surface area contributed by atoms with Crippen LogP contribution in [-0.2, 0) is 13.1 Å². The zero-order chi connectivity index (χ0) is 19.8. The van der Waals surface area contributed by atoms with E-state index in [-0.39, 0.29) is 0 Å². The zero-order valence-corrected chi connectivity index (χ0v) is 17.3. The molecule has 144 valence electrons. The molecule has 28 heavy (non-hydrogen) atoms. The monoisotopic (exact) mass is 410 g/mol. The molecule has 0 aliphatic rings. The fourth-order valence-electron chi connectivity index (χ4n) is 2.91. The van der Waals surface area contributed by atoms with E-state index in [0.717, 1.165) is 17.0 Å². The van der Waals surface area contributed by atoms with Crippen LogP contribution in [0, 0.1) is 0 Å². The minimum atomic E-state index is 0.626. The highest BCUT2D eigenvalue weighted by molar-refractivity contribution is 7.80. The van der Waals surface area contributed by atoms with Crippen molar-refractivity contribution in [1.29, 1.82) is 0 Å². The fraction of sp³-hybridized carbons (Fsp3) is 0.174. The summed E-state index contributed by atoms with van der Waals surface area (Å²) in [6.07, 6.45) is 0. The minimum Gasteiger partial charge on any atom is -0.494 e. The van der Waals surface area contributed by atoms with Crippen molar-refractivity contribution in [3.8, 4) is 5.75 Å². The first-order valence-corrected chi connectivity index (χ1v) is 10.0. The number of hydrogen-bond donors (Lipinski definition) is 1. The van der Waals surface area contributed by atoms with E-state index in [4.69, 9.17) is 28.6 Å². The minimum absolute atomic E-state index is 0.626. The van der Waals surface area contributed by atoms with Gasteiger partial charge in [0.2, 0.25) is 0 Å². The molecule has 3 aromatic carbocycles. The van der Waals surface area contributed by atoms with Gasteiger partial charge in [0.15, 0.2) is 5.11 Å². The molecule has 0 atom stereocenters. The summed E-state index contributed by atoms with van der Waals surface area (Å²) in [7, 11) is 0. The molecule has 3 rings (SSSR count). The van der Waals surface area contributed by atoms with Crippen LogP contribution in [-0.4, -0.2) is 16.6 Å². The van der Waals surface area contributed by atoms with Crippen molar-refractivity contribution in [1.82, 2.24) is 4.90 Å². The van der Waals surface area contributed by atoms with Crippen LogP contribution in [0.5, 0.6) is 5.75 Å². The number of halogens is 1. The molecule has 0 unspecified atom stereocenters. The van der Waals surface area contributed by atoms with Crippen LogP contribution >= 0.6 is 23.8 Å². The molecule has 0 aromatic heterocycles. The molecule has 0 amide bonds. The molecule has 0 saturated carbocycles. The first kappa shape index (κ1) is 20.2. The van der Waals surface area contributed by atoms with Gasteiger partial charge < -0.3 is 15.0 Å². The van der Waals surface area contributed by atoms with Crippen LogP contribution in [0.1, 0.15) is 18.1 Å². The maximum atomic E-state index is 6.11. The number of ether oxygens (including phenoxy) is 1. The Balaban J connectivity index is 1.83. The molecule has 1 N–H and O–H groups in total. The Kier molecular flexibility index (Phi) is 7.29. The summed E-state index contributed by atoms with van der Waals surface area (Å²) in [6.45, 7) is 3.94. The van der Waals surface area contributed by atoms with Crippen molar-refractivity contribution < 1.29 is 4.74 Å². The number of nitrogens with one attached hydrogen (secondary N) is 1.